The van der Waals surface area contributed by atoms with Crippen LogP contribution in [0.5, 0.6) is 11.5 Å². The highest BCUT2D eigenvalue weighted by Crippen LogP contribution is 2.41. The molecule has 1 aliphatic rings. The molecule has 7 nitrogen and oxygen atoms in total. The van der Waals surface area contributed by atoms with Crippen LogP contribution in [0.15, 0.2) is 12.1 Å². The number of rotatable bonds is 7. The monoisotopic (exact) mass is 395 g/mol. The van der Waals surface area contributed by atoms with Gasteiger partial charge in [0.15, 0.2) is 5.65 Å². The van der Waals surface area contributed by atoms with Gasteiger partial charge in [-0.1, -0.05) is 6.92 Å². The van der Waals surface area contributed by atoms with Crippen LogP contribution in [0, 0.1) is 20.8 Å². The molecule has 0 unspecified atom stereocenters. The molecule has 0 atom stereocenters. The molecule has 2 aromatic heterocycles. The van der Waals surface area contributed by atoms with Crippen LogP contribution in [-0.2, 0) is 0 Å². The van der Waals surface area contributed by atoms with Crippen molar-refractivity contribution >= 4 is 11.6 Å². The Labute approximate surface area is 171 Å². The van der Waals surface area contributed by atoms with Gasteiger partial charge in [0.2, 0.25) is 5.95 Å². The van der Waals surface area contributed by atoms with Gasteiger partial charge in [-0.15, -0.1) is 0 Å². The fourth-order valence-electron chi connectivity index (χ4n) is 4.00. The van der Waals surface area contributed by atoms with E-state index in [1.54, 1.807) is 14.2 Å². The molecule has 7 heteroatoms. The maximum Gasteiger partial charge on any atom is 0.230 e. The predicted molar refractivity (Wildman–Crippen MR) is 114 cm³/mol. The van der Waals surface area contributed by atoms with E-state index in [1.165, 1.54) is 12.8 Å². The third kappa shape index (κ3) is 3.39. The molecule has 0 N–H and O–H groups in total. The van der Waals surface area contributed by atoms with Crippen molar-refractivity contribution in [1.29, 1.82) is 0 Å². The van der Waals surface area contributed by atoms with E-state index in [9.17, 15) is 0 Å². The van der Waals surface area contributed by atoms with Gasteiger partial charge in [0.05, 0.1) is 25.5 Å². The topological polar surface area (TPSA) is 64.8 Å². The minimum Gasteiger partial charge on any atom is -0.497 e. The molecule has 3 aromatic rings. The zero-order valence-corrected chi connectivity index (χ0v) is 18.1. The minimum atomic E-state index is 0.553. The quantitative estimate of drug-likeness (QED) is 0.600. The van der Waals surface area contributed by atoms with E-state index in [0.717, 1.165) is 64.3 Å². The van der Waals surface area contributed by atoms with Crippen LogP contribution in [-0.4, -0.2) is 46.4 Å². The molecule has 1 fully saturated rings. The van der Waals surface area contributed by atoms with E-state index >= 15 is 0 Å². The molecule has 0 amide bonds. The molecule has 29 heavy (non-hydrogen) atoms. The molecule has 2 heterocycles. The Kier molecular flexibility index (Phi) is 5.06. The maximum absolute atomic E-state index is 5.72. The van der Waals surface area contributed by atoms with Gasteiger partial charge >= 0.3 is 0 Å². The standard InChI is InChI=1S/C22H29N5O2/c1-7-10-26(16-8-9-16)22-24-15(4)23-21-20(14(3)25-27(21)22)19-13(2)11-17(28-5)12-18(19)29-6/h11-12,16H,7-10H2,1-6H3. The van der Waals surface area contributed by atoms with Gasteiger partial charge in [-0.25, -0.2) is 4.98 Å². The average Bonchev–Trinajstić information content (AvgIpc) is 3.49. The Balaban J connectivity index is 1.97. The maximum atomic E-state index is 5.72. The lowest BCUT2D eigenvalue weighted by atomic mass is 9.99. The van der Waals surface area contributed by atoms with E-state index in [2.05, 4.69) is 18.7 Å². The number of hydrogen-bond donors (Lipinski definition) is 0. The molecule has 0 spiro atoms. The number of aryl methyl sites for hydroxylation is 3. The molecule has 0 bridgehead atoms. The second kappa shape index (κ2) is 7.54. The van der Waals surface area contributed by atoms with Gasteiger partial charge in [-0.05, 0) is 51.7 Å². The van der Waals surface area contributed by atoms with Crippen molar-refractivity contribution < 1.29 is 9.47 Å². The molecule has 154 valence electrons. The first-order valence-corrected chi connectivity index (χ1v) is 10.2. The Morgan fingerprint density at radius 1 is 1.07 bits per heavy atom. The van der Waals surface area contributed by atoms with Gasteiger partial charge in [0.1, 0.15) is 17.3 Å². The number of benzene rings is 1. The number of methoxy groups -OCH3 is 2. The van der Waals surface area contributed by atoms with Crippen molar-refractivity contribution in [2.75, 3.05) is 25.7 Å². The number of fused-ring (bicyclic) bond motifs is 1. The second-order valence-electron chi connectivity index (χ2n) is 7.71. The van der Waals surface area contributed by atoms with Gasteiger partial charge in [-0.3, -0.25) is 0 Å². The summed E-state index contributed by atoms with van der Waals surface area (Å²) in [6.07, 6.45) is 3.49. The minimum absolute atomic E-state index is 0.553. The number of aromatic nitrogens is 4. The van der Waals surface area contributed by atoms with Crippen LogP contribution in [0.4, 0.5) is 5.95 Å². The highest BCUT2D eigenvalue weighted by atomic mass is 16.5. The lowest BCUT2D eigenvalue weighted by molar-refractivity contribution is 0.395. The largest absolute Gasteiger partial charge is 0.497 e. The van der Waals surface area contributed by atoms with Crippen LogP contribution < -0.4 is 14.4 Å². The van der Waals surface area contributed by atoms with Crippen molar-refractivity contribution in [2.24, 2.45) is 0 Å². The Morgan fingerprint density at radius 2 is 1.83 bits per heavy atom. The van der Waals surface area contributed by atoms with E-state index in [0.29, 0.717) is 6.04 Å². The van der Waals surface area contributed by atoms with Crippen LogP contribution in [0.25, 0.3) is 16.8 Å². The molecular weight excluding hydrogens is 366 g/mol. The average molecular weight is 396 g/mol. The van der Waals surface area contributed by atoms with Crippen molar-refractivity contribution in [3.05, 3.63) is 29.2 Å². The van der Waals surface area contributed by atoms with E-state index < -0.39 is 0 Å². The van der Waals surface area contributed by atoms with E-state index in [4.69, 9.17) is 24.5 Å². The molecule has 1 aliphatic carbocycles. The summed E-state index contributed by atoms with van der Waals surface area (Å²) >= 11 is 0. The molecule has 4 rings (SSSR count). The molecule has 1 aromatic carbocycles. The fraction of sp³-hybridized carbons (Fsp3) is 0.500. The smallest absolute Gasteiger partial charge is 0.230 e. The zero-order valence-electron chi connectivity index (χ0n) is 18.1. The summed E-state index contributed by atoms with van der Waals surface area (Å²) in [7, 11) is 3.35. The van der Waals surface area contributed by atoms with E-state index in [1.807, 2.05) is 30.5 Å². The number of hydrogen-bond acceptors (Lipinski definition) is 6. The SMILES string of the molecule is CCCN(c1nc(C)nc2c(-c3c(C)cc(OC)cc3OC)c(C)nn12)C1CC1. The van der Waals surface area contributed by atoms with Gasteiger partial charge in [0.25, 0.3) is 0 Å². The second-order valence-corrected chi connectivity index (χ2v) is 7.71. The van der Waals surface area contributed by atoms with Crippen LogP contribution >= 0.6 is 0 Å². The van der Waals surface area contributed by atoms with E-state index in [-0.39, 0.29) is 0 Å². The Morgan fingerprint density at radius 3 is 2.45 bits per heavy atom. The molecule has 1 saturated carbocycles. The molecule has 0 aliphatic heterocycles. The lowest BCUT2D eigenvalue weighted by Gasteiger charge is -2.23. The number of ether oxygens (including phenoxy) is 2. The van der Waals surface area contributed by atoms with Gasteiger partial charge < -0.3 is 14.4 Å². The van der Waals surface area contributed by atoms with Crippen molar-refractivity contribution in [1.82, 2.24) is 19.6 Å². The zero-order chi connectivity index (χ0) is 20.7. The summed E-state index contributed by atoms with van der Waals surface area (Å²) in [4.78, 5) is 12.0. The Bertz CT molecular complexity index is 1060. The lowest BCUT2D eigenvalue weighted by Crippen LogP contribution is -2.30. The van der Waals surface area contributed by atoms with Gasteiger partial charge in [0, 0.05) is 24.2 Å². The van der Waals surface area contributed by atoms with Gasteiger partial charge in [-0.2, -0.15) is 14.6 Å². The van der Waals surface area contributed by atoms with Crippen molar-refractivity contribution in [3.63, 3.8) is 0 Å². The summed E-state index contributed by atoms with van der Waals surface area (Å²) in [6.45, 7) is 9.20. The third-order valence-corrected chi connectivity index (χ3v) is 5.44. The summed E-state index contributed by atoms with van der Waals surface area (Å²) in [6, 6.07) is 4.48. The number of nitrogens with zero attached hydrogens (tertiary/aromatic N) is 5. The summed E-state index contributed by atoms with van der Waals surface area (Å²) in [5.41, 5.74) is 4.77. The summed E-state index contributed by atoms with van der Waals surface area (Å²) in [5, 5.41) is 4.87. The first-order chi connectivity index (χ1) is 14.0. The fourth-order valence-corrected chi connectivity index (χ4v) is 4.00. The predicted octanol–water partition coefficient (Wildman–Crippen LogP) is 4.11. The summed E-state index contributed by atoms with van der Waals surface area (Å²) in [5.74, 6) is 3.16. The molecular formula is C22H29N5O2. The summed E-state index contributed by atoms with van der Waals surface area (Å²) < 4.78 is 13.1. The van der Waals surface area contributed by atoms with Crippen LogP contribution in [0.3, 0.4) is 0 Å². The molecule has 0 saturated heterocycles. The highest BCUT2D eigenvalue weighted by Gasteiger charge is 2.32. The number of anilines is 1. The van der Waals surface area contributed by atoms with Crippen molar-refractivity contribution in [3.8, 4) is 22.6 Å². The normalized spacial score (nSPS) is 13.7. The first kappa shape index (κ1) is 19.5. The first-order valence-electron chi connectivity index (χ1n) is 10.2. The molecule has 0 radical (unpaired) electrons. The van der Waals surface area contributed by atoms with Crippen molar-refractivity contribution in [2.45, 2.75) is 53.0 Å². The van der Waals surface area contributed by atoms with Crippen LogP contribution in [0.2, 0.25) is 0 Å². The van der Waals surface area contributed by atoms with Crippen LogP contribution in [0.1, 0.15) is 43.3 Å². The third-order valence-electron chi connectivity index (χ3n) is 5.44. The highest BCUT2D eigenvalue weighted by molar-refractivity contribution is 5.86. The Hall–Kier alpha value is -2.83.